The van der Waals surface area contributed by atoms with Gasteiger partial charge in [0.1, 0.15) is 5.75 Å². The molecule has 0 fully saturated rings. The second-order valence-corrected chi connectivity index (χ2v) is 6.95. The molecule has 0 aliphatic rings. The first-order valence-electron chi connectivity index (χ1n) is 8.15. The van der Waals surface area contributed by atoms with Crippen LogP contribution in [0.1, 0.15) is 18.2 Å². The molecule has 1 heterocycles. The zero-order valence-corrected chi connectivity index (χ0v) is 16.1. The first-order valence-corrected chi connectivity index (χ1v) is 9.03. The number of carbonyl (C=O) groups is 2. The molecule has 0 spiro atoms. The number of thioether (sulfide) groups is 1. The third-order valence-corrected chi connectivity index (χ3v) is 4.59. The van der Waals surface area contributed by atoms with Crippen molar-refractivity contribution in [2.45, 2.75) is 30.3 Å². The van der Waals surface area contributed by atoms with E-state index in [-0.39, 0.29) is 17.5 Å². The number of carbonyl (C=O) groups excluding carboxylic acids is 2. The molecular formula is C18H21N3O5S. The lowest BCUT2D eigenvalue weighted by atomic mass is 10.2. The standard InChI is InChI=1S/C18H21N3O5S/c1-11(17(24)19-10-12-4-6-14(25-2)7-5-12)27-18-20-13(8-15(22)21-18)9-16(23)26-3/h4-8,11H,9-10H2,1-3H3,(H,19,24)(H,20,21,22). The number of nitrogens with zero attached hydrogens (tertiary/aromatic N) is 1. The number of benzene rings is 1. The summed E-state index contributed by atoms with van der Waals surface area (Å²) < 4.78 is 9.67. The Morgan fingerprint density at radius 1 is 1.26 bits per heavy atom. The van der Waals surface area contributed by atoms with Crippen LogP contribution in [0.3, 0.4) is 0 Å². The highest BCUT2D eigenvalue weighted by molar-refractivity contribution is 8.00. The van der Waals surface area contributed by atoms with E-state index in [4.69, 9.17) is 4.74 Å². The van der Waals surface area contributed by atoms with Gasteiger partial charge in [0, 0.05) is 12.6 Å². The van der Waals surface area contributed by atoms with Crippen molar-refractivity contribution in [1.29, 1.82) is 0 Å². The lowest BCUT2D eigenvalue weighted by Gasteiger charge is -2.12. The van der Waals surface area contributed by atoms with Gasteiger partial charge in [-0.3, -0.25) is 14.4 Å². The molecule has 0 saturated carbocycles. The summed E-state index contributed by atoms with van der Waals surface area (Å²) in [6, 6.07) is 8.61. The van der Waals surface area contributed by atoms with Crippen molar-refractivity contribution in [2.24, 2.45) is 0 Å². The monoisotopic (exact) mass is 391 g/mol. The second kappa shape index (κ2) is 9.77. The van der Waals surface area contributed by atoms with E-state index in [1.807, 2.05) is 24.3 Å². The first-order chi connectivity index (χ1) is 12.9. The van der Waals surface area contributed by atoms with Crippen LogP contribution in [0.15, 0.2) is 40.3 Å². The van der Waals surface area contributed by atoms with E-state index in [1.165, 1.54) is 13.2 Å². The molecule has 1 amide bonds. The molecule has 0 aliphatic carbocycles. The maximum Gasteiger partial charge on any atom is 0.311 e. The minimum absolute atomic E-state index is 0.105. The SMILES string of the molecule is COC(=O)Cc1cc(=O)[nH]c(SC(C)C(=O)NCc2ccc(OC)cc2)n1. The summed E-state index contributed by atoms with van der Waals surface area (Å²) in [5.74, 6) is 0.0574. The predicted octanol–water partition coefficient (Wildman–Crippen LogP) is 1.29. The summed E-state index contributed by atoms with van der Waals surface area (Å²) in [5.41, 5.74) is 0.837. The summed E-state index contributed by atoms with van der Waals surface area (Å²) >= 11 is 1.11. The molecule has 0 aliphatic heterocycles. The fraction of sp³-hybridized carbons (Fsp3) is 0.333. The summed E-state index contributed by atoms with van der Waals surface area (Å²) in [5, 5.41) is 2.62. The molecular weight excluding hydrogens is 370 g/mol. The Morgan fingerprint density at radius 2 is 1.96 bits per heavy atom. The van der Waals surface area contributed by atoms with E-state index in [9.17, 15) is 14.4 Å². The Morgan fingerprint density at radius 3 is 2.59 bits per heavy atom. The van der Waals surface area contributed by atoms with Crippen molar-refractivity contribution < 1.29 is 19.1 Å². The van der Waals surface area contributed by atoms with Gasteiger partial charge in [-0.15, -0.1) is 0 Å². The molecule has 1 unspecified atom stereocenters. The molecule has 1 atom stereocenters. The number of ether oxygens (including phenoxy) is 2. The summed E-state index contributed by atoms with van der Waals surface area (Å²) in [4.78, 5) is 42.1. The van der Waals surface area contributed by atoms with E-state index in [0.717, 1.165) is 23.1 Å². The van der Waals surface area contributed by atoms with Crippen molar-refractivity contribution in [3.8, 4) is 5.75 Å². The topological polar surface area (TPSA) is 110 Å². The van der Waals surface area contributed by atoms with E-state index >= 15 is 0 Å². The molecule has 2 rings (SSSR count). The van der Waals surface area contributed by atoms with Gasteiger partial charge in [-0.2, -0.15) is 0 Å². The molecule has 27 heavy (non-hydrogen) atoms. The van der Waals surface area contributed by atoms with Crippen LogP contribution < -0.4 is 15.6 Å². The molecule has 8 nitrogen and oxygen atoms in total. The zero-order chi connectivity index (χ0) is 19.8. The maximum atomic E-state index is 12.3. The zero-order valence-electron chi connectivity index (χ0n) is 15.3. The van der Waals surface area contributed by atoms with Crippen LogP contribution in [0.4, 0.5) is 0 Å². The third kappa shape index (κ3) is 6.45. The van der Waals surface area contributed by atoms with Gasteiger partial charge < -0.3 is 19.8 Å². The quantitative estimate of drug-likeness (QED) is 0.396. The number of rotatable bonds is 8. The van der Waals surface area contributed by atoms with Gasteiger partial charge in [0.25, 0.3) is 5.56 Å². The Bertz CT molecular complexity index is 851. The number of methoxy groups -OCH3 is 2. The predicted molar refractivity (Wildman–Crippen MR) is 101 cm³/mol. The Balaban J connectivity index is 1.94. The fourth-order valence-electron chi connectivity index (χ4n) is 2.15. The highest BCUT2D eigenvalue weighted by Gasteiger charge is 2.16. The summed E-state index contributed by atoms with van der Waals surface area (Å²) in [7, 11) is 2.86. The van der Waals surface area contributed by atoms with Crippen LogP contribution in [-0.4, -0.2) is 41.3 Å². The average Bonchev–Trinajstić information content (AvgIpc) is 2.65. The number of nitrogens with one attached hydrogen (secondary N) is 2. The van der Waals surface area contributed by atoms with Gasteiger partial charge in [0.05, 0.1) is 31.6 Å². The average molecular weight is 391 g/mol. The number of amides is 1. The molecule has 1 aromatic heterocycles. The highest BCUT2D eigenvalue weighted by Crippen LogP contribution is 2.19. The third-order valence-electron chi connectivity index (χ3n) is 3.61. The van der Waals surface area contributed by atoms with Crippen molar-refractivity contribution in [3.63, 3.8) is 0 Å². The van der Waals surface area contributed by atoms with Crippen molar-refractivity contribution in [3.05, 3.63) is 51.9 Å². The Kier molecular flexibility index (Phi) is 7.42. The molecule has 2 aromatic rings. The van der Waals surface area contributed by atoms with E-state index in [2.05, 4.69) is 20.0 Å². The second-order valence-electron chi connectivity index (χ2n) is 5.62. The maximum absolute atomic E-state index is 12.3. The first kappa shape index (κ1) is 20.5. The number of aromatic nitrogens is 2. The highest BCUT2D eigenvalue weighted by atomic mass is 32.2. The number of H-pyrrole nitrogens is 1. The molecule has 0 radical (unpaired) electrons. The minimum atomic E-state index is -0.491. The van der Waals surface area contributed by atoms with E-state index in [0.29, 0.717) is 12.2 Å². The smallest absolute Gasteiger partial charge is 0.311 e. The van der Waals surface area contributed by atoms with Crippen molar-refractivity contribution >= 4 is 23.6 Å². The molecule has 0 bridgehead atoms. The van der Waals surface area contributed by atoms with Crippen LogP contribution in [-0.2, 0) is 27.3 Å². The van der Waals surface area contributed by atoms with Crippen molar-refractivity contribution in [2.75, 3.05) is 14.2 Å². The molecule has 0 saturated heterocycles. The van der Waals surface area contributed by atoms with Gasteiger partial charge in [-0.1, -0.05) is 23.9 Å². The summed E-state index contributed by atoms with van der Waals surface area (Å²) in [6.07, 6.45) is -0.105. The van der Waals surface area contributed by atoms with Crippen LogP contribution in [0.2, 0.25) is 0 Å². The van der Waals surface area contributed by atoms with Gasteiger partial charge in [0.15, 0.2) is 5.16 Å². The summed E-state index contributed by atoms with van der Waals surface area (Å²) in [6.45, 7) is 2.08. The van der Waals surface area contributed by atoms with Crippen LogP contribution in [0.5, 0.6) is 5.75 Å². The van der Waals surface area contributed by atoms with Crippen molar-refractivity contribution in [1.82, 2.24) is 15.3 Å². The van der Waals surface area contributed by atoms with Gasteiger partial charge in [0.2, 0.25) is 5.91 Å². The molecule has 2 N–H and O–H groups in total. The lowest BCUT2D eigenvalue weighted by Crippen LogP contribution is -2.30. The lowest BCUT2D eigenvalue weighted by molar-refractivity contribution is -0.139. The molecule has 144 valence electrons. The number of aromatic amines is 1. The van der Waals surface area contributed by atoms with Crippen LogP contribution in [0, 0.1) is 0 Å². The Labute approximate surface area is 160 Å². The minimum Gasteiger partial charge on any atom is -0.497 e. The van der Waals surface area contributed by atoms with Gasteiger partial charge in [-0.05, 0) is 24.6 Å². The normalized spacial score (nSPS) is 11.5. The van der Waals surface area contributed by atoms with Gasteiger partial charge >= 0.3 is 5.97 Å². The number of hydrogen-bond donors (Lipinski definition) is 2. The van der Waals surface area contributed by atoms with Gasteiger partial charge in [-0.25, -0.2) is 4.98 Å². The molecule has 1 aromatic carbocycles. The van der Waals surface area contributed by atoms with E-state index < -0.39 is 16.8 Å². The van der Waals surface area contributed by atoms with Crippen LogP contribution >= 0.6 is 11.8 Å². The molecule has 9 heteroatoms. The van der Waals surface area contributed by atoms with Crippen LogP contribution in [0.25, 0.3) is 0 Å². The fourth-order valence-corrected chi connectivity index (χ4v) is 3.00. The number of esters is 1. The van der Waals surface area contributed by atoms with E-state index in [1.54, 1.807) is 14.0 Å². The number of hydrogen-bond acceptors (Lipinski definition) is 7. The Hall–Kier alpha value is -2.81. The largest absolute Gasteiger partial charge is 0.497 e.